The Hall–Kier alpha value is -5.53. The van der Waals surface area contributed by atoms with Crippen LogP contribution < -0.4 is 16.2 Å². The summed E-state index contributed by atoms with van der Waals surface area (Å²) in [6, 6.07) is 32.6. The fraction of sp³-hybridized carbons (Fsp3) is 0.408. The molecule has 1 aliphatic heterocycles. The number of phenolic OH excluding ortho intramolecular Hbond substituents is 1. The van der Waals surface area contributed by atoms with Crippen molar-refractivity contribution in [3.63, 3.8) is 0 Å². The third-order valence-electron chi connectivity index (χ3n) is 12.4. The van der Waals surface area contributed by atoms with Gasteiger partial charge in [0, 0.05) is 62.8 Å². The van der Waals surface area contributed by atoms with Gasteiger partial charge in [-0.1, -0.05) is 78.9 Å². The standard InChI is InChI=1S/C49H57N5O7/c55-44-17-15-41(42-16-18-46(57)52-48(42)44)45(56)28-50-21-22-54(30-34-13-14-34)47(58)20-24-60-23-19-33-7-6-8-35(25-33)29-53-31-37-26-39(27-38(37)32-53)61-49(59)51-43-12-5-4-11-40(43)36-9-2-1-3-10-36/h1-12,15-18,25,34,37-39,45,50,55-56H,13-14,19-24,26-32H2,(H,51,59)(H,52,57)/t37-,38?,39?,45-/m0/s1. The zero-order valence-corrected chi connectivity index (χ0v) is 34.6. The van der Waals surface area contributed by atoms with Gasteiger partial charge in [0.15, 0.2) is 0 Å². The second-order valence-electron chi connectivity index (χ2n) is 17.0. The third kappa shape index (κ3) is 11.2. The van der Waals surface area contributed by atoms with Gasteiger partial charge < -0.3 is 34.9 Å². The minimum Gasteiger partial charge on any atom is -0.506 e. The molecule has 2 heterocycles. The number of aromatic amines is 1. The molecule has 1 saturated heterocycles. The van der Waals surface area contributed by atoms with Crippen LogP contribution in [0, 0.1) is 17.8 Å². The van der Waals surface area contributed by atoms with E-state index in [1.165, 1.54) is 23.3 Å². The molecule has 3 fully saturated rings. The van der Waals surface area contributed by atoms with E-state index >= 15 is 0 Å². The Morgan fingerprint density at radius 3 is 2.46 bits per heavy atom. The molecule has 4 atom stereocenters. The number of benzene rings is 4. The highest BCUT2D eigenvalue weighted by molar-refractivity contribution is 5.91. The van der Waals surface area contributed by atoms with Gasteiger partial charge in [-0.15, -0.1) is 0 Å². The molecule has 8 rings (SSSR count). The largest absolute Gasteiger partial charge is 0.506 e. The number of fused-ring (bicyclic) bond motifs is 2. The van der Waals surface area contributed by atoms with E-state index in [1.807, 2.05) is 59.5 Å². The molecular formula is C49H57N5O7. The number of aromatic nitrogens is 1. The van der Waals surface area contributed by atoms with Crippen molar-refractivity contribution >= 4 is 28.6 Å². The molecule has 0 radical (unpaired) electrons. The lowest BCUT2D eigenvalue weighted by molar-refractivity contribution is -0.132. The number of nitrogens with one attached hydrogen (secondary N) is 3. The number of phenols is 1. The van der Waals surface area contributed by atoms with Crippen molar-refractivity contribution in [2.24, 2.45) is 17.8 Å². The van der Waals surface area contributed by atoms with Gasteiger partial charge in [0.2, 0.25) is 11.5 Å². The van der Waals surface area contributed by atoms with Crippen LogP contribution in [0.2, 0.25) is 0 Å². The zero-order chi connectivity index (χ0) is 42.1. The normalized spacial score (nSPS) is 19.1. The summed E-state index contributed by atoms with van der Waals surface area (Å²) in [6.45, 7) is 5.86. The highest BCUT2D eigenvalue weighted by Gasteiger charge is 2.42. The van der Waals surface area contributed by atoms with Crippen molar-refractivity contribution in [3.05, 3.63) is 130 Å². The lowest BCUT2D eigenvalue weighted by atomic mass is 10.0. The van der Waals surface area contributed by atoms with Crippen LogP contribution in [0.4, 0.5) is 10.5 Å². The number of aromatic hydroxyl groups is 1. The Labute approximate surface area is 356 Å². The van der Waals surface area contributed by atoms with E-state index in [9.17, 15) is 24.6 Å². The number of aliphatic hydroxyl groups is 1. The average molecular weight is 828 g/mol. The van der Waals surface area contributed by atoms with Crippen LogP contribution in [0.15, 0.2) is 108 Å². The van der Waals surface area contributed by atoms with Gasteiger partial charge in [-0.2, -0.15) is 0 Å². The predicted molar refractivity (Wildman–Crippen MR) is 236 cm³/mol. The Morgan fingerprint density at radius 1 is 0.885 bits per heavy atom. The number of hydrogen-bond donors (Lipinski definition) is 5. The van der Waals surface area contributed by atoms with E-state index < -0.39 is 12.2 Å². The minimum atomic E-state index is -0.859. The van der Waals surface area contributed by atoms with Crippen molar-refractivity contribution < 1.29 is 29.3 Å². The first kappa shape index (κ1) is 42.2. The predicted octanol–water partition coefficient (Wildman–Crippen LogP) is 6.87. The summed E-state index contributed by atoms with van der Waals surface area (Å²) in [5.74, 6) is 1.61. The topological polar surface area (TPSA) is 156 Å². The average Bonchev–Trinajstić information content (AvgIpc) is 3.90. The summed E-state index contributed by atoms with van der Waals surface area (Å²) in [5, 5.41) is 27.9. The van der Waals surface area contributed by atoms with Crippen LogP contribution in [-0.4, -0.2) is 95.6 Å². The number of ether oxygens (including phenoxy) is 2. The van der Waals surface area contributed by atoms with Crippen molar-refractivity contribution in [1.29, 1.82) is 0 Å². The van der Waals surface area contributed by atoms with Crippen molar-refractivity contribution in [3.8, 4) is 16.9 Å². The second kappa shape index (κ2) is 19.9. The quantitative estimate of drug-likeness (QED) is 0.0561. The maximum atomic E-state index is 13.3. The number of anilines is 1. The Kier molecular flexibility index (Phi) is 13.8. The number of para-hydroxylation sites is 1. The third-order valence-corrected chi connectivity index (χ3v) is 12.4. The van der Waals surface area contributed by atoms with Gasteiger partial charge in [0.1, 0.15) is 11.9 Å². The molecule has 2 unspecified atom stereocenters. The minimum absolute atomic E-state index is 0.0470. The molecule has 2 saturated carbocycles. The van der Waals surface area contributed by atoms with E-state index in [1.54, 1.807) is 12.1 Å². The molecule has 0 bridgehead atoms. The highest BCUT2D eigenvalue weighted by Crippen LogP contribution is 2.40. The molecule has 320 valence electrons. The van der Waals surface area contributed by atoms with Crippen LogP contribution in [0.5, 0.6) is 5.75 Å². The summed E-state index contributed by atoms with van der Waals surface area (Å²) in [5.41, 5.74) is 5.84. The molecule has 12 heteroatoms. The molecule has 1 aromatic heterocycles. The summed E-state index contributed by atoms with van der Waals surface area (Å²) < 4.78 is 11.9. The lowest BCUT2D eigenvalue weighted by Crippen LogP contribution is -2.39. The summed E-state index contributed by atoms with van der Waals surface area (Å²) >= 11 is 0. The van der Waals surface area contributed by atoms with Crippen LogP contribution in [0.25, 0.3) is 22.0 Å². The Morgan fingerprint density at radius 2 is 1.66 bits per heavy atom. The van der Waals surface area contributed by atoms with Crippen LogP contribution in [0.3, 0.4) is 0 Å². The van der Waals surface area contributed by atoms with Gasteiger partial charge in [0.05, 0.1) is 36.9 Å². The summed E-state index contributed by atoms with van der Waals surface area (Å²) in [6.07, 6.45) is 3.83. The van der Waals surface area contributed by atoms with Crippen LogP contribution in [0.1, 0.15) is 54.9 Å². The molecule has 0 spiro atoms. The number of pyridine rings is 1. The molecule has 4 aromatic carbocycles. The fourth-order valence-corrected chi connectivity index (χ4v) is 9.11. The SMILES string of the molecule is O=C(Nc1ccccc1-c1ccccc1)OC1CC2CN(Cc3cccc(CCOCCC(=O)N(CCNC[C@H](O)c4ccc(O)c5[nH]c(=O)ccc45)CC4CC4)c3)C[C@@H]2C1. The molecule has 2 aliphatic carbocycles. The molecule has 5 N–H and O–H groups in total. The van der Waals surface area contributed by atoms with Crippen molar-refractivity contribution in [2.75, 3.05) is 57.8 Å². The second-order valence-corrected chi connectivity index (χ2v) is 17.0. The van der Waals surface area contributed by atoms with E-state index in [-0.39, 0.29) is 29.9 Å². The Bertz CT molecular complexity index is 2320. The van der Waals surface area contributed by atoms with Crippen LogP contribution in [-0.2, 0) is 27.2 Å². The number of amides is 2. The Balaban J connectivity index is 0.721. The van der Waals surface area contributed by atoms with Gasteiger partial charge in [-0.05, 0) is 90.3 Å². The molecule has 12 nitrogen and oxygen atoms in total. The van der Waals surface area contributed by atoms with Crippen molar-refractivity contribution in [2.45, 2.75) is 57.3 Å². The molecular weight excluding hydrogens is 771 g/mol. The number of likely N-dealkylation sites (tertiary alicyclic amines) is 1. The fourth-order valence-electron chi connectivity index (χ4n) is 9.11. The van der Waals surface area contributed by atoms with Crippen molar-refractivity contribution in [1.82, 2.24) is 20.1 Å². The van der Waals surface area contributed by atoms with Gasteiger partial charge in [-0.25, -0.2) is 4.79 Å². The number of hydrogen-bond acceptors (Lipinski definition) is 9. The lowest BCUT2D eigenvalue weighted by Gasteiger charge is -2.23. The summed E-state index contributed by atoms with van der Waals surface area (Å²) in [4.78, 5) is 45.0. The number of nitrogens with zero attached hydrogens (tertiary/aromatic N) is 2. The maximum Gasteiger partial charge on any atom is 0.411 e. The number of rotatable bonds is 19. The molecule has 5 aromatic rings. The molecule has 2 amide bonds. The first-order chi connectivity index (χ1) is 29.8. The molecule has 3 aliphatic rings. The number of aliphatic hydroxyl groups excluding tert-OH is 1. The van der Waals surface area contributed by atoms with E-state index in [0.29, 0.717) is 66.9 Å². The summed E-state index contributed by atoms with van der Waals surface area (Å²) in [7, 11) is 0. The zero-order valence-electron chi connectivity index (χ0n) is 34.6. The maximum absolute atomic E-state index is 13.3. The highest BCUT2D eigenvalue weighted by atomic mass is 16.6. The van der Waals surface area contributed by atoms with Gasteiger partial charge >= 0.3 is 6.09 Å². The smallest absolute Gasteiger partial charge is 0.411 e. The van der Waals surface area contributed by atoms with E-state index in [4.69, 9.17) is 9.47 Å². The van der Waals surface area contributed by atoms with Crippen LogP contribution >= 0.6 is 0 Å². The first-order valence-corrected chi connectivity index (χ1v) is 21.8. The van der Waals surface area contributed by atoms with Gasteiger partial charge in [0.25, 0.3) is 0 Å². The van der Waals surface area contributed by atoms with E-state index in [0.717, 1.165) is 75.1 Å². The monoisotopic (exact) mass is 827 g/mol. The first-order valence-electron chi connectivity index (χ1n) is 21.8. The van der Waals surface area contributed by atoms with Gasteiger partial charge in [-0.3, -0.25) is 19.8 Å². The molecule has 61 heavy (non-hydrogen) atoms. The number of carbonyl (C=O) groups is 2. The van der Waals surface area contributed by atoms with E-state index in [2.05, 4.69) is 44.8 Å². The number of H-pyrrole nitrogens is 1. The number of carbonyl (C=O) groups excluding carboxylic acids is 2.